The summed E-state index contributed by atoms with van der Waals surface area (Å²) in [4.78, 5) is 13.3. The van der Waals surface area contributed by atoms with E-state index in [1.54, 1.807) is 6.92 Å². The minimum absolute atomic E-state index is 0.00409. The highest BCUT2D eigenvalue weighted by atomic mass is 19.4. The average molecular weight is 545 g/mol. The molecule has 0 unspecified atom stereocenters. The highest BCUT2D eigenvalue weighted by Gasteiger charge is 2.72. The summed E-state index contributed by atoms with van der Waals surface area (Å²) < 4.78 is 109. The molecule has 37 heavy (non-hydrogen) atoms. The summed E-state index contributed by atoms with van der Waals surface area (Å²) in [7, 11) is 0. The summed E-state index contributed by atoms with van der Waals surface area (Å²) in [6.45, 7) is 5.46. The van der Waals surface area contributed by atoms with Gasteiger partial charge in [-0.2, -0.15) is 26.3 Å². The Labute approximate surface area is 212 Å². The topological polar surface area (TPSA) is 37.3 Å². The maximum Gasteiger partial charge on any atom is 0.431 e. The Kier molecular flexibility index (Phi) is 6.94. The van der Waals surface area contributed by atoms with Crippen LogP contribution in [0.5, 0.6) is 0 Å². The first-order chi connectivity index (χ1) is 16.8. The molecule has 212 valence electrons. The molecule has 0 amide bonds. The molecule has 1 N–H and O–H groups in total. The lowest BCUT2D eigenvalue weighted by Gasteiger charge is -2.59. The lowest BCUT2D eigenvalue weighted by Crippen LogP contribution is -2.58. The van der Waals surface area contributed by atoms with E-state index in [1.807, 2.05) is 13.8 Å². The molecule has 0 spiro atoms. The van der Waals surface area contributed by atoms with Crippen molar-refractivity contribution in [1.29, 1.82) is 0 Å². The van der Waals surface area contributed by atoms with Crippen molar-refractivity contribution in [2.75, 3.05) is 0 Å². The van der Waals surface area contributed by atoms with E-state index in [4.69, 9.17) is 0 Å². The third-order valence-electron chi connectivity index (χ3n) is 10.7. The number of carbonyl (C=O) groups is 1. The Morgan fingerprint density at radius 2 is 1.62 bits per heavy atom. The summed E-state index contributed by atoms with van der Waals surface area (Å²) >= 11 is 0. The number of allylic oxidation sites excluding steroid dienone is 2. The molecule has 0 aromatic carbocycles. The molecule has 2 nitrogen and oxygen atoms in total. The van der Waals surface area contributed by atoms with Crippen LogP contribution in [0.15, 0.2) is 11.1 Å². The lowest BCUT2D eigenvalue weighted by atomic mass is 9.47. The standard InChI is InChI=1S/C27H36F8O2/c1-15(5-4-9-25(29,26(30,31)32)27(33,34)35)19-14-20(37)21-18-7-6-16-13-17(36)8-10-23(16,3)24(18,28)12-11-22(19,21)2/h15-17,19,36H,4-14H2,1-3H3/t15-,16+,17+,19-,22-,23+,24-/m1/s1. The minimum Gasteiger partial charge on any atom is -0.393 e. The van der Waals surface area contributed by atoms with Crippen molar-refractivity contribution >= 4 is 5.78 Å². The summed E-state index contributed by atoms with van der Waals surface area (Å²) in [5.74, 6) is -0.998. The molecule has 3 fully saturated rings. The highest BCUT2D eigenvalue weighted by molar-refractivity contribution is 6.01. The fraction of sp³-hybridized carbons (Fsp3) is 0.889. The summed E-state index contributed by atoms with van der Waals surface area (Å²) in [5.41, 5.74) is -7.38. The number of ketones is 1. The second-order valence-electron chi connectivity index (χ2n) is 12.6. The minimum atomic E-state index is -6.07. The Hall–Kier alpha value is -1.19. The van der Waals surface area contributed by atoms with E-state index in [0.717, 1.165) is 0 Å². The van der Waals surface area contributed by atoms with Crippen LogP contribution in [0.3, 0.4) is 0 Å². The molecule has 0 heterocycles. The number of halogens is 8. The van der Waals surface area contributed by atoms with Crippen LogP contribution < -0.4 is 0 Å². The monoisotopic (exact) mass is 544 g/mol. The summed E-state index contributed by atoms with van der Waals surface area (Å²) in [6.07, 6.45) is -11.9. The maximum absolute atomic E-state index is 17.0. The quantitative estimate of drug-likeness (QED) is 0.357. The number of Topliss-reactive ketones (excluding diaryl/α,β-unsaturated/α-hetero) is 1. The highest BCUT2D eigenvalue weighted by Crippen LogP contribution is 2.68. The molecule has 0 radical (unpaired) electrons. The lowest BCUT2D eigenvalue weighted by molar-refractivity contribution is -0.343. The number of fused-ring (bicyclic) bond motifs is 4. The van der Waals surface area contributed by atoms with Crippen LogP contribution in [0.4, 0.5) is 35.1 Å². The van der Waals surface area contributed by atoms with Crippen molar-refractivity contribution in [2.24, 2.45) is 28.6 Å². The molecule has 4 rings (SSSR count). The van der Waals surface area contributed by atoms with Crippen molar-refractivity contribution in [3.8, 4) is 0 Å². The van der Waals surface area contributed by atoms with Gasteiger partial charge in [-0.1, -0.05) is 27.2 Å². The van der Waals surface area contributed by atoms with Crippen molar-refractivity contribution in [2.45, 2.75) is 121 Å². The van der Waals surface area contributed by atoms with Crippen LogP contribution in [-0.4, -0.2) is 40.7 Å². The fourth-order valence-electron chi connectivity index (χ4n) is 8.38. The third kappa shape index (κ3) is 4.17. The number of aliphatic hydroxyl groups excluding tert-OH is 1. The van der Waals surface area contributed by atoms with Gasteiger partial charge in [-0.15, -0.1) is 0 Å². The third-order valence-corrected chi connectivity index (χ3v) is 10.7. The average Bonchev–Trinajstić information content (AvgIpc) is 3.04. The van der Waals surface area contributed by atoms with Crippen LogP contribution in [0, 0.1) is 28.6 Å². The fourth-order valence-corrected chi connectivity index (χ4v) is 8.38. The molecule has 7 atom stereocenters. The number of hydrogen-bond acceptors (Lipinski definition) is 2. The van der Waals surface area contributed by atoms with Gasteiger partial charge in [-0.3, -0.25) is 4.79 Å². The molecule has 0 aromatic heterocycles. The van der Waals surface area contributed by atoms with Gasteiger partial charge in [0.25, 0.3) is 5.67 Å². The number of hydrogen-bond donors (Lipinski definition) is 1. The molecule has 3 saturated carbocycles. The summed E-state index contributed by atoms with van der Waals surface area (Å²) in [5, 5.41) is 10.1. The zero-order valence-electron chi connectivity index (χ0n) is 21.5. The molecule has 0 aliphatic heterocycles. The van der Waals surface area contributed by atoms with Gasteiger partial charge >= 0.3 is 12.4 Å². The second-order valence-corrected chi connectivity index (χ2v) is 12.6. The van der Waals surface area contributed by atoms with Crippen LogP contribution in [-0.2, 0) is 4.79 Å². The molecule has 4 aliphatic rings. The van der Waals surface area contributed by atoms with Crippen molar-refractivity contribution in [3.63, 3.8) is 0 Å². The largest absolute Gasteiger partial charge is 0.431 e. The van der Waals surface area contributed by atoms with Crippen molar-refractivity contribution < 1.29 is 45.0 Å². The molecular weight excluding hydrogens is 508 g/mol. The predicted octanol–water partition coefficient (Wildman–Crippen LogP) is 7.98. The van der Waals surface area contributed by atoms with E-state index in [0.29, 0.717) is 49.7 Å². The Balaban J connectivity index is 1.56. The molecule has 4 aliphatic carbocycles. The smallest absolute Gasteiger partial charge is 0.393 e. The van der Waals surface area contributed by atoms with Gasteiger partial charge in [-0.25, -0.2) is 8.78 Å². The van der Waals surface area contributed by atoms with Gasteiger partial charge in [0.05, 0.1) is 6.10 Å². The van der Waals surface area contributed by atoms with E-state index in [-0.39, 0.29) is 36.9 Å². The molecule has 0 aromatic rings. The normalized spacial score (nSPS) is 39.8. The first-order valence-corrected chi connectivity index (χ1v) is 13.3. The first kappa shape index (κ1) is 28.8. The van der Waals surface area contributed by atoms with E-state index < -0.39 is 59.4 Å². The SMILES string of the molecule is C[C@H](CCCC(F)(C(F)(F)F)C(F)(F)F)[C@H]1CC(=O)C2=C3CC[C@H]4C[C@@H](O)CC[C@]4(C)[C@@]3(F)CC[C@@]21C. The van der Waals surface area contributed by atoms with E-state index in [1.165, 1.54) is 0 Å². The van der Waals surface area contributed by atoms with Crippen LogP contribution >= 0.6 is 0 Å². The van der Waals surface area contributed by atoms with Gasteiger partial charge in [0.2, 0.25) is 0 Å². The van der Waals surface area contributed by atoms with Crippen molar-refractivity contribution in [1.82, 2.24) is 0 Å². The number of aliphatic hydroxyl groups is 1. The van der Waals surface area contributed by atoms with Crippen molar-refractivity contribution in [3.05, 3.63) is 11.1 Å². The maximum atomic E-state index is 17.0. The predicted molar refractivity (Wildman–Crippen MR) is 121 cm³/mol. The van der Waals surface area contributed by atoms with Gasteiger partial charge in [0.15, 0.2) is 5.78 Å². The number of carbonyl (C=O) groups excluding carboxylic acids is 1. The molecule has 10 heteroatoms. The Bertz CT molecular complexity index is 941. The van der Waals surface area contributed by atoms with Crippen LogP contribution in [0.25, 0.3) is 0 Å². The first-order valence-electron chi connectivity index (χ1n) is 13.3. The summed E-state index contributed by atoms with van der Waals surface area (Å²) in [6, 6.07) is 0. The molecule has 0 saturated heterocycles. The molecule has 0 bridgehead atoms. The zero-order chi connectivity index (χ0) is 27.8. The molecular formula is C27H36F8O2. The van der Waals surface area contributed by atoms with Gasteiger partial charge < -0.3 is 5.11 Å². The van der Waals surface area contributed by atoms with Crippen LogP contribution in [0.1, 0.15) is 91.4 Å². The number of alkyl halides is 8. The van der Waals surface area contributed by atoms with Gasteiger partial charge in [-0.05, 0) is 86.5 Å². The zero-order valence-corrected chi connectivity index (χ0v) is 21.5. The Morgan fingerprint density at radius 1 is 1.00 bits per heavy atom. The van der Waals surface area contributed by atoms with E-state index >= 15 is 4.39 Å². The van der Waals surface area contributed by atoms with Gasteiger partial charge in [0, 0.05) is 17.4 Å². The Morgan fingerprint density at radius 3 is 2.22 bits per heavy atom. The van der Waals surface area contributed by atoms with Crippen LogP contribution in [0.2, 0.25) is 0 Å². The van der Waals surface area contributed by atoms with E-state index in [9.17, 15) is 40.6 Å². The van der Waals surface area contributed by atoms with Gasteiger partial charge in [0.1, 0.15) is 5.67 Å². The second kappa shape index (κ2) is 8.91. The van der Waals surface area contributed by atoms with E-state index in [2.05, 4.69) is 0 Å². The number of rotatable bonds is 5.